The van der Waals surface area contributed by atoms with E-state index in [0.717, 1.165) is 24.5 Å². The standard InChI is InChI=1S/C10H17N3S.2ClH.2H2O/c1-2-5-12-7-3-4-8-9(6-7)14-10(11)13-8;;;;/h7,12H,2-6H2,1H3,(H2,11,13);2*1H;2*1H2. The van der Waals surface area contributed by atoms with Gasteiger partial charge in [-0.05, 0) is 32.2 Å². The molecular weight excluding hydrogens is 297 g/mol. The van der Waals surface area contributed by atoms with Crippen LogP contribution in [0.3, 0.4) is 0 Å². The molecule has 5 nitrogen and oxygen atoms in total. The molecule has 0 saturated carbocycles. The van der Waals surface area contributed by atoms with Crippen molar-refractivity contribution in [3.63, 3.8) is 0 Å². The van der Waals surface area contributed by atoms with Crippen molar-refractivity contribution in [2.24, 2.45) is 0 Å². The molecule has 8 heteroatoms. The normalized spacial score (nSPS) is 16.2. The molecule has 7 N–H and O–H groups in total. The van der Waals surface area contributed by atoms with E-state index < -0.39 is 0 Å². The van der Waals surface area contributed by atoms with Gasteiger partial charge in [-0.3, -0.25) is 0 Å². The van der Waals surface area contributed by atoms with Crippen molar-refractivity contribution in [1.29, 1.82) is 0 Å². The van der Waals surface area contributed by atoms with E-state index in [-0.39, 0.29) is 35.8 Å². The van der Waals surface area contributed by atoms with E-state index in [0.29, 0.717) is 6.04 Å². The third kappa shape index (κ3) is 5.69. The SMILES string of the molecule is CCCNC1CCc2nc(N)sc2C1.Cl.Cl.O.O. The van der Waals surface area contributed by atoms with Crippen LogP contribution < -0.4 is 11.1 Å². The number of nitrogens with one attached hydrogen (secondary N) is 1. The molecule has 0 aromatic carbocycles. The van der Waals surface area contributed by atoms with Crippen molar-refractivity contribution < 1.29 is 11.0 Å². The second kappa shape index (κ2) is 10.8. The van der Waals surface area contributed by atoms with Crippen molar-refractivity contribution in [1.82, 2.24) is 10.3 Å². The molecule has 0 bridgehead atoms. The van der Waals surface area contributed by atoms with Gasteiger partial charge < -0.3 is 22.0 Å². The third-order valence-electron chi connectivity index (χ3n) is 2.64. The predicted octanol–water partition coefficient (Wildman–Crippen LogP) is 0.776. The fraction of sp³-hybridized carbons (Fsp3) is 0.700. The lowest BCUT2D eigenvalue weighted by Gasteiger charge is -2.21. The van der Waals surface area contributed by atoms with Gasteiger partial charge in [0.15, 0.2) is 5.13 Å². The number of nitrogen functional groups attached to an aromatic ring is 1. The van der Waals surface area contributed by atoms with Crippen molar-refractivity contribution in [3.8, 4) is 0 Å². The number of thiazole rings is 1. The zero-order valence-electron chi connectivity index (χ0n) is 10.4. The smallest absolute Gasteiger partial charge is 0.180 e. The zero-order valence-corrected chi connectivity index (χ0v) is 12.8. The molecule has 0 saturated heterocycles. The predicted molar refractivity (Wildman–Crippen MR) is 82.4 cm³/mol. The maximum atomic E-state index is 5.69. The topological polar surface area (TPSA) is 114 Å². The highest BCUT2D eigenvalue weighted by Crippen LogP contribution is 2.27. The number of hydrogen-bond donors (Lipinski definition) is 2. The summed E-state index contributed by atoms with van der Waals surface area (Å²) >= 11 is 1.65. The lowest BCUT2D eigenvalue weighted by atomic mass is 9.98. The molecule has 0 amide bonds. The Morgan fingerprint density at radius 3 is 2.67 bits per heavy atom. The lowest BCUT2D eigenvalue weighted by molar-refractivity contribution is 0.460. The highest BCUT2D eigenvalue weighted by Gasteiger charge is 2.21. The largest absolute Gasteiger partial charge is 0.412 e. The van der Waals surface area contributed by atoms with Crippen LogP contribution in [-0.2, 0) is 12.8 Å². The first-order valence-electron chi connectivity index (χ1n) is 5.27. The minimum Gasteiger partial charge on any atom is -0.412 e. The number of hydrogen-bond acceptors (Lipinski definition) is 4. The first kappa shape index (κ1) is 23.0. The number of aryl methyl sites for hydroxylation is 1. The van der Waals surface area contributed by atoms with Crippen LogP contribution in [0.4, 0.5) is 5.13 Å². The number of anilines is 1. The molecular formula is C10H23Cl2N3O2S. The summed E-state index contributed by atoms with van der Waals surface area (Å²) in [4.78, 5) is 5.73. The molecule has 1 heterocycles. The number of rotatable bonds is 3. The maximum Gasteiger partial charge on any atom is 0.180 e. The Kier molecular flexibility index (Phi) is 13.8. The van der Waals surface area contributed by atoms with E-state index in [1.807, 2.05) is 0 Å². The first-order valence-corrected chi connectivity index (χ1v) is 6.08. The fourth-order valence-electron chi connectivity index (χ4n) is 1.92. The van der Waals surface area contributed by atoms with E-state index in [4.69, 9.17) is 5.73 Å². The van der Waals surface area contributed by atoms with Gasteiger partial charge in [0.25, 0.3) is 0 Å². The number of nitrogens with two attached hydrogens (primary N) is 1. The van der Waals surface area contributed by atoms with Crippen LogP contribution in [0.1, 0.15) is 30.3 Å². The molecule has 110 valence electrons. The van der Waals surface area contributed by atoms with Gasteiger partial charge in [-0.25, -0.2) is 4.98 Å². The van der Waals surface area contributed by atoms with E-state index in [2.05, 4.69) is 17.2 Å². The van der Waals surface area contributed by atoms with Gasteiger partial charge in [-0.2, -0.15) is 0 Å². The summed E-state index contributed by atoms with van der Waals surface area (Å²) in [6.07, 6.45) is 4.61. The molecule has 1 unspecified atom stereocenters. The van der Waals surface area contributed by atoms with E-state index in [1.54, 1.807) is 11.3 Å². The Morgan fingerprint density at radius 2 is 2.06 bits per heavy atom. The van der Waals surface area contributed by atoms with Gasteiger partial charge in [0.05, 0.1) is 5.69 Å². The van der Waals surface area contributed by atoms with E-state index >= 15 is 0 Å². The highest BCUT2D eigenvalue weighted by molar-refractivity contribution is 7.15. The summed E-state index contributed by atoms with van der Waals surface area (Å²) in [5.74, 6) is 0. The lowest BCUT2D eigenvalue weighted by Crippen LogP contribution is -2.34. The maximum absolute atomic E-state index is 5.69. The minimum absolute atomic E-state index is 0. The summed E-state index contributed by atoms with van der Waals surface area (Å²) in [5, 5.41) is 4.29. The van der Waals surface area contributed by atoms with Crippen LogP contribution in [0.15, 0.2) is 0 Å². The van der Waals surface area contributed by atoms with Gasteiger partial charge in [-0.1, -0.05) is 6.92 Å². The molecule has 1 atom stereocenters. The fourth-order valence-corrected chi connectivity index (χ4v) is 2.88. The molecule has 1 aromatic heterocycles. The summed E-state index contributed by atoms with van der Waals surface area (Å²) in [7, 11) is 0. The van der Waals surface area contributed by atoms with Gasteiger partial charge in [-0.15, -0.1) is 36.2 Å². The summed E-state index contributed by atoms with van der Waals surface area (Å²) in [5.41, 5.74) is 6.93. The van der Waals surface area contributed by atoms with Gasteiger partial charge >= 0.3 is 0 Å². The average Bonchev–Trinajstić information content (AvgIpc) is 2.54. The number of halogens is 2. The van der Waals surface area contributed by atoms with Crippen LogP contribution in [0, 0.1) is 0 Å². The second-order valence-electron chi connectivity index (χ2n) is 3.82. The monoisotopic (exact) mass is 319 g/mol. The minimum atomic E-state index is 0. The van der Waals surface area contributed by atoms with Crippen LogP contribution in [0.5, 0.6) is 0 Å². The van der Waals surface area contributed by atoms with E-state index in [1.165, 1.54) is 23.4 Å². The summed E-state index contributed by atoms with van der Waals surface area (Å²) in [6, 6.07) is 0.641. The van der Waals surface area contributed by atoms with Crippen LogP contribution >= 0.6 is 36.2 Å². The molecule has 0 fully saturated rings. The highest BCUT2D eigenvalue weighted by atomic mass is 35.5. The Hall–Kier alpha value is -0.110. The van der Waals surface area contributed by atoms with Crippen molar-refractivity contribution in [2.45, 2.75) is 38.6 Å². The molecule has 0 aliphatic heterocycles. The Balaban J connectivity index is -0.000000562. The average molecular weight is 320 g/mol. The zero-order chi connectivity index (χ0) is 9.97. The summed E-state index contributed by atoms with van der Waals surface area (Å²) in [6.45, 7) is 3.32. The molecule has 0 radical (unpaired) electrons. The van der Waals surface area contributed by atoms with Crippen LogP contribution in [-0.4, -0.2) is 28.5 Å². The molecule has 0 spiro atoms. The molecule has 1 aromatic rings. The molecule has 1 aliphatic rings. The van der Waals surface area contributed by atoms with Crippen molar-refractivity contribution in [3.05, 3.63) is 10.6 Å². The Morgan fingerprint density at radius 1 is 1.39 bits per heavy atom. The Labute approximate surface area is 124 Å². The number of aromatic nitrogens is 1. The van der Waals surface area contributed by atoms with E-state index in [9.17, 15) is 0 Å². The van der Waals surface area contributed by atoms with Crippen molar-refractivity contribution >= 4 is 41.3 Å². The van der Waals surface area contributed by atoms with Gasteiger partial charge in [0.1, 0.15) is 0 Å². The van der Waals surface area contributed by atoms with Crippen LogP contribution in [0.25, 0.3) is 0 Å². The molecule has 2 rings (SSSR count). The first-order chi connectivity index (χ1) is 6.79. The third-order valence-corrected chi connectivity index (χ3v) is 3.59. The number of nitrogens with zero attached hydrogens (tertiary/aromatic N) is 1. The molecule has 1 aliphatic carbocycles. The molecule has 18 heavy (non-hydrogen) atoms. The quantitative estimate of drug-likeness (QED) is 0.857. The van der Waals surface area contributed by atoms with Gasteiger partial charge in [0, 0.05) is 10.9 Å². The van der Waals surface area contributed by atoms with Gasteiger partial charge in [0.2, 0.25) is 0 Å². The number of fused-ring (bicyclic) bond motifs is 1. The van der Waals surface area contributed by atoms with Crippen molar-refractivity contribution in [2.75, 3.05) is 12.3 Å². The Bertz CT molecular complexity index is 326. The second-order valence-corrected chi connectivity index (χ2v) is 4.93. The summed E-state index contributed by atoms with van der Waals surface area (Å²) < 4.78 is 0. The van der Waals surface area contributed by atoms with Crippen LogP contribution in [0.2, 0.25) is 0 Å².